The van der Waals surface area contributed by atoms with Crippen LogP contribution in [0.15, 0.2) is 30.3 Å². The Hall–Kier alpha value is -1.57. The molecule has 0 atom stereocenters. The summed E-state index contributed by atoms with van der Waals surface area (Å²) in [4.78, 5) is 10.6. The summed E-state index contributed by atoms with van der Waals surface area (Å²) in [5.74, 6) is -0.248. The number of primary amides is 1. The zero-order valence-corrected chi connectivity index (χ0v) is 8.36. The predicted octanol–water partition coefficient (Wildman–Crippen LogP) is 2.14. The first-order valence-electron chi connectivity index (χ1n) is 4.72. The molecule has 74 valence electrons. The molecule has 2 N–H and O–H groups in total. The number of hydrogen-bond donors (Lipinski definition) is 1. The molecule has 0 aromatic heterocycles. The molecule has 0 radical (unpaired) electrons. The van der Waals surface area contributed by atoms with Gasteiger partial charge in [-0.25, -0.2) is 0 Å². The van der Waals surface area contributed by atoms with Crippen LogP contribution in [0.5, 0.6) is 0 Å². The van der Waals surface area contributed by atoms with Gasteiger partial charge in [0.05, 0.1) is 0 Å². The van der Waals surface area contributed by atoms with Gasteiger partial charge < -0.3 is 5.73 Å². The van der Waals surface area contributed by atoms with Gasteiger partial charge in [0.2, 0.25) is 5.91 Å². The Morgan fingerprint density at radius 3 is 2.50 bits per heavy atom. The molecule has 1 aromatic rings. The fourth-order valence-electron chi connectivity index (χ4n) is 1.26. The lowest BCUT2D eigenvalue weighted by atomic mass is 10.1. The standard InChI is InChI=1S/C12H15NO/c1-2-3-10-4-6-11(7-5-10)8-9-12(13)14/h2-7H,8-9H2,1H3,(H2,13,14)/b3-2+. The molecule has 2 heteroatoms. The van der Waals surface area contributed by atoms with Crippen molar-refractivity contribution in [3.8, 4) is 0 Å². The normalized spacial score (nSPS) is 10.6. The number of allylic oxidation sites excluding steroid dienone is 1. The van der Waals surface area contributed by atoms with Crippen LogP contribution in [-0.2, 0) is 11.2 Å². The van der Waals surface area contributed by atoms with E-state index in [-0.39, 0.29) is 5.91 Å². The number of rotatable bonds is 4. The molecule has 0 fully saturated rings. The number of aryl methyl sites for hydroxylation is 1. The Labute approximate surface area is 84.4 Å². The summed E-state index contributed by atoms with van der Waals surface area (Å²) < 4.78 is 0. The van der Waals surface area contributed by atoms with Crippen molar-refractivity contribution in [1.29, 1.82) is 0 Å². The molecule has 2 nitrogen and oxygen atoms in total. The van der Waals surface area contributed by atoms with E-state index in [0.29, 0.717) is 6.42 Å². The van der Waals surface area contributed by atoms with E-state index in [4.69, 9.17) is 5.73 Å². The Bertz CT molecular complexity index is 325. The van der Waals surface area contributed by atoms with Crippen LogP contribution < -0.4 is 5.73 Å². The highest BCUT2D eigenvalue weighted by atomic mass is 16.1. The van der Waals surface area contributed by atoms with Gasteiger partial charge in [0.1, 0.15) is 0 Å². The smallest absolute Gasteiger partial charge is 0.217 e. The Balaban J connectivity index is 2.59. The van der Waals surface area contributed by atoms with Gasteiger partial charge in [-0.05, 0) is 24.5 Å². The maximum atomic E-state index is 10.6. The van der Waals surface area contributed by atoms with Crippen LogP contribution >= 0.6 is 0 Å². The fraction of sp³-hybridized carbons (Fsp3) is 0.250. The maximum absolute atomic E-state index is 10.6. The molecule has 1 amide bonds. The second-order valence-corrected chi connectivity index (χ2v) is 3.21. The monoisotopic (exact) mass is 189 g/mol. The van der Waals surface area contributed by atoms with Crippen molar-refractivity contribution >= 4 is 12.0 Å². The van der Waals surface area contributed by atoms with Gasteiger partial charge >= 0.3 is 0 Å². The highest BCUT2D eigenvalue weighted by Gasteiger charge is 1.96. The minimum Gasteiger partial charge on any atom is -0.370 e. The first kappa shape index (κ1) is 10.5. The highest BCUT2D eigenvalue weighted by molar-refractivity contribution is 5.74. The van der Waals surface area contributed by atoms with Crippen molar-refractivity contribution in [1.82, 2.24) is 0 Å². The van der Waals surface area contributed by atoms with Crippen molar-refractivity contribution in [2.75, 3.05) is 0 Å². The Morgan fingerprint density at radius 1 is 1.36 bits per heavy atom. The molecule has 0 unspecified atom stereocenters. The van der Waals surface area contributed by atoms with Crippen LogP contribution in [0.4, 0.5) is 0 Å². The second kappa shape index (κ2) is 5.22. The van der Waals surface area contributed by atoms with Gasteiger partial charge in [0.15, 0.2) is 0 Å². The van der Waals surface area contributed by atoms with E-state index in [9.17, 15) is 4.79 Å². The van der Waals surface area contributed by atoms with Gasteiger partial charge in [-0.15, -0.1) is 0 Å². The lowest BCUT2D eigenvalue weighted by Crippen LogP contribution is -2.11. The molecule has 14 heavy (non-hydrogen) atoms. The summed E-state index contributed by atoms with van der Waals surface area (Å²) in [6.07, 6.45) is 5.19. The molecule has 0 aliphatic rings. The maximum Gasteiger partial charge on any atom is 0.217 e. The Kier molecular flexibility index (Phi) is 3.92. The molecule has 0 bridgehead atoms. The van der Waals surface area contributed by atoms with Crippen LogP contribution in [-0.4, -0.2) is 5.91 Å². The van der Waals surface area contributed by atoms with E-state index in [1.807, 2.05) is 43.3 Å². The molecular formula is C12H15NO. The third kappa shape index (κ3) is 3.44. The molecule has 1 rings (SSSR count). The fourth-order valence-corrected chi connectivity index (χ4v) is 1.26. The minimum atomic E-state index is -0.248. The molecule has 0 saturated carbocycles. The molecule has 1 aromatic carbocycles. The van der Waals surface area contributed by atoms with E-state index in [1.54, 1.807) is 0 Å². The predicted molar refractivity (Wildman–Crippen MR) is 58.7 cm³/mol. The summed E-state index contributed by atoms with van der Waals surface area (Å²) in [7, 11) is 0. The van der Waals surface area contributed by atoms with Crippen LogP contribution in [0.3, 0.4) is 0 Å². The van der Waals surface area contributed by atoms with Crippen LogP contribution in [0.2, 0.25) is 0 Å². The molecule has 0 aliphatic carbocycles. The third-order valence-corrected chi connectivity index (χ3v) is 2.00. The summed E-state index contributed by atoms with van der Waals surface area (Å²) in [6.45, 7) is 1.99. The average Bonchev–Trinajstić information content (AvgIpc) is 2.17. The van der Waals surface area contributed by atoms with Gasteiger partial charge in [-0.2, -0.15) is 0 Å². The van der Waals surface area contributed by atoms with Crippen molar-refractivity contribution in [3.05, 3.63) is 41.5 Å². The lowest BCUT2D eigenvalue weighted by Gasteiger charge is -1.99. The van der Waals surface area contributed by atoms with Gasteiger partial charge in [0.25, 0.3) is 0 Å². The molecule has 0 spiro atoms. The zero-order valence-electron chi connectivity index (χ0n) is 8.36. The van der Waals surface area contributed by atoms with Crippen molar-refractivity contribution in [2.45, 2.75) is 19.8 Å². The van der Waals surface area contributed by atoms with E-state index >= 15 is 0 Å². The number of benzene rings is 1. The SMILES string of the molecule is C/C=C/c1ccc(CCC(N)=O)cc1. The van der Waals surface area contributed by atoms with Crippen LogP contribution in [0.1, 0.15) is 24.5 Å². The van der Waals surface area contributed by atoms with E-state index < -0.39 is 0 Å². The number of nitrogens with two attached hydrogens (primary N) is 1. The van der Waals surface area contributed by atoms with Crippen molar-refractivity contribution < 1.29 is 4.79 Å². The first-order chi connectivity index (χ1) is 6.72. The number of carbonyl (C=O) groups is 1. The minimum absolute atomic E-state index is 0.248. The average molecular weight is 189 g/mol. The van der Waals surface area contributed by atoms with Crippen molar-refractivity contribution in [2.24, 2.45) is 5.73 Å². The number of carbonyl (C=O) groups excluding carboxylic acids is 1. The highest BCUT2D eigenvalue weighted by Crippen LogP contribution is 2.07. The third-order valence-electron chi connectivity index (χ3n) is 2.00. The van der Waals surface area contributed by atoms with E-state index in [2.05, 4.69) is 0 Å². The topological polar surface area (TPSA) is 43.1 Å². The number of amides is 1. The summed E-state index contributed by atoms with van der Waals surface area (Å²) in [5.41, 5.74) is 7.39. The number of hydrogen-bond acceptors (Lipinski definition) is 1. The lowest BCUT2D eigenvalue weighted by molar-refractivity contribution is -0.117. The summed E-state index contributed by atoms with van der Waals surface area (Å²) >= 11 is 0. The van der Waals surface area contributed by atoms with Gasteiger partial charge in [-0.3, -0.25) is 4.79 Å². The molecule has 0 heterocycles. The molecular weight excluding hydrogens is 174 g/mol. The molecule has 0 saturated heterocycles. The van der Waals surface area contributed by atoms with Gasteiger partial charge in [-0.1, -0.05) is 36.4 Å². The molecule has 0 aliphatic heterocycles. The zero-order chi connectivity index (χ0) is 10.4. The Morgan fingerprint density at radius 2 is 2.00 bits per heavy atom. The van der Waals surface area contributed by atoms with E-state index in [1.165, 1.54) is 5.56 Å². The van der Waals surface area contributed by atoms with Crippen molar-refractivity contribution in [3.63, 3.8) is 0 Å². The second-order valence-electron chi connectivity index (χ2n) is 3.21. The van der Waals surface area contributed by atoms with E-state index in [0.717, 1.165) is 12.0 Å². The largest absolute Gasteiger partial charge is 0.370 e. The first-order valence-corrected chi connectivity index (χ1v) is 4.72. The van der Waals surface area contributed by atoms with Gasteiger partial charge in [0, 0.05) is 6.42 Å². The quantitative estimate of drug-likeness (QED) is 0.774. The van der Waals surface area contributed by atoms with Crippen LogP contribution in [0, 0.1) is 0 Å². The summed E-state index contributed by atoms with van der Waals surface area (Å²) in [6, 6.07) is 8.13. The van der Waals surface area contributed by atoms with Crippen LogP contribution in [0.25, 0.3) is 6.08 Å². The summed E-state index contributed by atoms with van der Waals surface area (Å²) in [5, 5.41) is 0.